The van der Waals surface area contributed by atoms with Gasteiger partial charge in [0.1, 0.15) is 11.5 Å². The Morgan fingerprint density at radius 1 is 1.24 bits per heavy atom. The molecule has 1 atom stereocenters. The molecule has 2 aromatic rings. The highest BCUT2D eigenvalue weighted by molar-refractivity contribution is 5.95. The first-order chi connectivity index (χ1) is 14.0. The van der Waals surface area contributed by atoms with Gasteiger partial charge in [-0.2, -0.15) is 5.10 Å². The first-order valence-corrected chi connectivity index (χ1v) is 10.3. The van der Waals surface area contributed by atoms with Crippen molar-refractivity contribution >= 4 is 5.91 Å². The Bertz CT molecular complexity index is 811. The third-order valence-electron chi connectivity index (χ3n) is 5.53. The number of hydrogen-bond donors (Lipinski definition) is 1. The molecule has 1 N–H and O–H groups in total. The van der Waals surface area contributed by atoms with Crippen LogP contribution in [0.15, 0.2) is 24.4 Å². The highest BCUT2D eigenvalue weighted by atomic mass is 16.5. The third-order valence-corrected chi connectivity index (χ3v) is 5.53. The molecule has 7 heteroatoms. The summed E-state index contributed by atoms with van der Waals surface area (Å²) in [6.45, 7) is 8.74. The number of likely N-dealkylation sites (tertiary alicyclic amines) is 1. The maximum Gasteiger partial charge on any atom is 0.251 e. The van der Waals surface area contributed by atoms with Crippen molar-refractivity contribution < 1.29 is 14.3 Å². The molecule has 1 aromatic heterocycles. The molecule has 1 amide bonds. The predicted molar refractivity (Wildman–Crippen MR) is 113 cm³/mol. The number of carbonyl (C=O) groups excluding carboxylic acids is 1. The topological polar surface area (TPSA) is 68.6 Å². The van der Waals surface area contributed by atoms with Crippen molar-refractivity contribution in [2.24, 2.45) is 5.92 Å². The van der Waals surface area contributed by atoms with Crippen molar-refractivity contribution in [2.45, 2.75) is 39.8 Å². The maximum atomic E-state index is 12.6. The normalized spacial score (nSPS) is 17.2. The molecule has 2 heterocycles. The lowest BCUT2D eigenvalue weighted by atomic mass is 9.97. The van der Waals surface area contributed by atoms with E-state index < -0.39 is 0 Å². The molecule has 1 aliphatic rings. The first-order valence-electron chi connectivity index (χ1n) is 10.3. The number of nitrogens with zero attached hydrogens (tertiary/aromatic N) is 3. The number of ether oxygens (including phenoxy) is 2. The van der Waals surface area contributed by atoms with E-state index in [0.717, 1.165) is 44.7 Å². The predicted octanol–water partition coefficient (Wildman–Crippen LogP) is 2.87. The summed E-state index contributed by atoms with van der Waals surface area (Å²) in [5, 5.41) is 7.63. The van der Waals surface area contributed by atoms with E-state index in [2.05, 4.69) is 35.4 Å². The molecule has 158 valence electrons. The molecule has 0 radical (unpaired) electrons. The number of piperidine rings is 1. The number of carbonyl (C=O) groups is 1. The number of rotatable bonds is 8. The molecular weight excluding hydrogens is 368 g/mol. The van der Waals surface area contributed by atoms with E-state index in [-0.39, 0.29) is 5.91 Å². The molecule has 1 aliphatic heterocycles. The molecule has 7 nitrogen and oxygen atoms in total. The third kappa shape index (κ3) is 5.50. The molecule has 0 aliphatic carbocycles. The second-order valence-corrected chi connectivity index (χ2v) is 7.65. The van der Waals surface area contributed by atoms with Gasteiger partial charge in [-0.05, 0) is 51.3 Å². The van der Waals surface area contributed by atoms with Gasteiger partial charge in [-0.15, -0.1) is 0 Å². The Morgan fingerprint density at radius 2 is 1.97 bits per heavy atom. The average Bonchev–Trinajstić information content (AvgIpc) is 3.11. The molecule has 1 fully saturated rings. The quantitative estimate of drug-likeness (QED) is 0.738. The van der Waals surface area contributed by atoms with Crippen LogP contribution in [0.2, 0.25) is 0 Å². The second kappa shape index (κ2) is 9.78. The van der Waals surface area contributed by atoms with Gasteiger partial charge in [0.05, 0.1) is 19.9 Å². The summed E-state index contributed by atoms with van der Waals surface area (Å²) in [5.74, 6) is 1.57. The summed E-state index contributed by atoms with van der Waals surface area (Å²) in [5.41, 5.74) is 2.95. The Kier molecular flexibility index (Phi) is 7.14. The molecule has 0 bridgehead atoms. The monoisotopic (exact) mass is 400 g/mol. The van der Waals surface area contributed by atoms with Gasteiger partial charge in [0.15, 0.2) is 0 Å². The van der Waals surface area contributed by atoms with E-state index in [1.54, 1.807) is 32.4 Å². The van der Waals surface area contributed by atoms with E-state index in [0.29, 0.717) is 29.5 Å². The number of amides is 1. The van der Waals surface area contributed by atoms with Crippen molar-refractivity contribution in [1.29, 1.82) is 0 Å². The Balaban J connectivity index is 1.55. The standard InChI is InChI=1S/C22H32N4O3/c1-5-26-15-19(16(2)24-26)14-25-8-6-7-17(13-25)12-23-22(27)18-9-20(28-3)11-21(10-18)29-4/h9-11,15,17H,5-8,12-14H2,1-4H3,(H,23,27)/t17-/m0/s1. The Hall–Kier alpha value is -2.54. The zero-order valence-corrected chi connectivity index (χ0v) is 17.9. The van der Waals surface area contributed by atoms with Crippen LogP contribution in [0.3, 0.4) is 0 Å². The maximum absolute atomic E-state index is 12.6. The van der Waals surface area contributed by atoms with Crippen LogP contribution >= 0.6 is 0 Å². The number of hydrogen-bond acceptors (Lipinski definition) is 5. The zero-order valence-electron chi connectivity index (χ0n) is 17.9. The van der Waals surface area contributed by atoms with Gasteiger partial charge < -0.3 is 14.8 Å². The van der Waals surface area contributed by atoms with Gasteiger partial charge >= 0.3 is 0 Å². The van der Waals surface area contributed by atoms with Gasteiger partial charge in [0, 0.05) is 49.6 Å². The van der Waals surface area contributed by atoms with Crippen molar-refractivity contribution in [3.05, 3.63) is 41.2 Å². The van der Waals surface area contributed by atoms with Crippen LogP contribution in [-0.2, 0) is 13.1 Å². The highest BCUT2D eigenvalue weighted by Crippen LogP contribution is 2.23. The van der Waals surface area contributed by atoms with Gasteiger partial charge in [-0.25, -0.2) is 0 Å². The Labute approximate surface area is 173 Å². The highest BCUT2D eigenvalue weighted by Gasteiger charge is 2.22. The van der Waals surface area contributed by atoms with Gasteiger partial charge in [-0.3, -0.25) is 14.4 Å². The van der Waals surface area contributed by atoms with Crippen molar-refractivity contribution in [3.63, 3.8) is 0 Å². The smallest absolute Gasteiger partial charge is 0.251 e. The zero-order chi connectivity index (χ0) is 20.8. The van der Waals surface area contributed by atoms with Crippen LogP contribution < -0.4 is 14.8 Å². The molecule has 0 saturated carbocycles. The van der Waals surface area contributed by atoms with Crippen molar-refractivity contribution in [2.75, 3.05) is 33.9 Å². The van der Waals surface area contributed by atoms with Crippen LogP contribution in [0.5, 0.6) is 11.5 Å². The van der Waals surface area contributed by atoms with Gasteiger partial charge in [0.25, 0.3) is 5.91 Å². The molecular formula is C22H32N4O3. The fraction of sp³-hybridized carbons (Fsp3) is 0.545. The number of methoxy groups -OCH3 is 2. The fourth-order valence-electron chi connectivity index (χ4n) is 3.86. The van der Waals surface area contributed by atoms with E-state index in [9.17, 15) is 4.79 Å². The summed E-state index contributed by atoms with van der Waals surface area (Å²) < 4.78 is 12.5. The molecule has 3 rings (SSSR count). The summed E-state index contributed by atoms with van der Waals surface area (Å²) in [6.07, 6.45) is 4.43. The van der Waals surface area contributed by atoms with E-state index in [1.165, 1.54) is 5.56 Å². The summed E-state index contributed by atoms with van der Waals surface area (Å²) in [4.78, 5) is 15.1. The molecule has 29 heavy (non-hydrogen) atoms. The van der Waals surface area contributed by atoms with Gasteiger partial charge in [-0.1, -0.05) is 0 Å². The summed E-state index contributed by atoms with van der Waals surface area (Å²) >= 11 is 0. The molecule has 0 spiro atoms. The van der Waals surface area contributed by atoms with E-state index >= 15 is 0 Å². The van der Waals surface area contributed by atoms with Crippen LogP contribution in [0, 0.1) is 12.8 Å². The molecule has 1 saturated heterocycles. The largest absolute Gasteiger partial charge is 0.497 e. The van der Waals surface area contributed by atoms with Crippen LogP contribution in [0.25, 0.3) is 0 Å². The lowest BCUT2D eigenvalue weighted by molar-refractivity contribution is 0.0930. The minimum atomic E-state index is -0.0978. The fourth-order valence-corrected chi connectivity index (χ4v) is 3.86. The lowest BCUT2D eigenvalue weighted by Gasteiger charge is -2.32. The van der Waals surface area contributed by atoms with Gasteiger partial charge in [0.2, 0.25) is 0 Å². The van der Waals surface area contributed by atoms with E-state index in [1.807, 2.05) is 4.68 Å². The molecule has 0 unspecified atom stereocenters. The number of aromatic nitrogens is 2. The number of nitrogens with one attached hydrogen (secondary N) is 1. The first kappa shape index (κ1) is 21.2. The van der Waals surface area contributed by atoms with Crippen LogP contribution in [0.4, 0.5) is 0 Å². The SMILES string of the molecule is CCn1cc(CN2CCC[C@@H](CNC(=O)c3cc(OC)cc(OC)c3)C2)c(C)n1. The second-order valence-electron chi connectivity index (χ2n) is 7.65. The minimum Gasteiger partial charge on any atom is -0.497 e. The number of benzene rings is 1. The van der Waals surface area contributed by atoms with E-state index in [4.69, 9.17) is 9.47 Å². The van der Waals surface area contributed by atoms with Crippen LogP contribution in [-0.4, -0.2) is 54.4 Å². The summed E-state index contributed by atoms with van der Waals surface area (Å²) in [7, 11) is 3.16. The molecule has 1 aromatic carbocycles. The van der Waals surface area contributed by atoms with Crippen molar-refractivity contribution in [3.8, 4) is 11.5 Å². The average molecular weight is 401 g/mol. The summed E-state index contributed by atoms with van der Waals surface area (Å²) in [6, 6.07) is 5.23. The minimum absolute atomic E-state index is 0.0978. The van der Waals surface area contributed by atoms with Crippen LogP contribution in [0.1, 0.15) is 41.4 Å². The Morgan fingerprint density at radius 3 is 2.59 bits per heavy atom. The van der Waals surface area contributed by atoms with Crippen molar-refractivity contribution in [1.82, 2.24) is 20.0 Å². The number of aryl methyl sites for hydroxylation is 2. The lowest BCUT2D eigenvalue weighted by Crippen LogP contribution is -2.40.